The van der Waals surface area contributed by atoms with Crippen LogP contribution in [-0.4, -0.2) is 66.3 Å². The first-order valence-electron chi connectivity index (χ1n) is 14.6. The van der Waals surface area contributed by atoms with Gasteiger partial charge >= 0.3 is 12.6 Å². The van der Waals surface area contributed by atoms with Crippen LogP contribution >= 0.6 is 11.3 Å². The molecule has 2 amide bonds. The van der Waals surface area contributed by atoms with Gasteiger partial charge in [0.1, 0.15) is 11.6 Å². The van der Waals surface area contributed by atoms with E-state index >= 15 is 0 Å². The minimum atomic E-state index is -3.02. The number of halogens is 2. The quantitative estimate of drug-likeness (QED) is 0.280. The van der Waals surface area contributed by atoms with E-state index in [-0.39, 0.29) is 29.9 Å². The van der Waals surface area contributed by atoms with Gasteiger partial charge in [-0.05, 0) is 73.9 Å². The molecule has 0 bridgehead atoms. The SMILES string of the molecule is CN(C(=O)[C@@H](CC(=O)O)CC1CCOCC1)c1nc(-c2cc(OC(F)F)ccc2-c2ccc(N3CCCCC3=O)nc2)cs1. The fourth-order valence-corrected chi connectivity index (χ4v) is 6.49. The number of amides is 2. The third kappa shape index (κ3) is 7.56. The van der Waals surface area contributed by atoms with Crippen molar-refractivity contribution in [3.05, 3.63) is 41.9 Å². The van der Waals surface area contributed by atoms with Gasteiger partial charge in [0, 0.05) is 61.8 Å². The van der Waals surface area contributed by atoms with Crippen LogP contribution in [0.4, 0.5) is 19.7 Å². The Hall–Kier alpha value is -3.97. The highest BCUT2D eigenvalue weighted by atomic mass is 32.1. The molecule has 0 saturated carbocycles. The summed E-state index contributed by atoms with van der Waals surface area (Å²) in [5.74, 6) is -1.40. The van der Waals surface area contributed by atoms with Crippen molar-refractivity contribution in [3.8, 4) is 28.1 Å². The van der Waals surface area contributed by atoms with Gasteiger partial charge < -0.3 is 14.6 Å². The lowest BCUT2D eigenvalue weighted by Crippen LogP contribution is -2.35. The lowest BCUT2D eigenvalue weighted by molar-refractivity contribution is -0.141. The Kier molecular flexibility index (Phi) is 10.2. The summed E-state index contributed by atoms with van der Waals surface area (Å²) < 4.78 is 36.3. The number of carbonyl (C=O) groups excluding carboxylic acids is 2. The first kappa shape index (κ1) is 31.5. The van der Waals surface area contributed by atoms with E-state index in [0.29, 0.717) is 65.9 Å². The van der Waals surface area contributed by atoms with Crippen molar-refractivity contribution < 1.29 is 37.7 Å². The maximum atomic E-state index is 13.5. The summed E-state index contributed by atoms with van der Waals surface area (Å²) >= 11 is 1.19. The van der Waals surface area contributed by atoms with Gasteiger partial charge in [-0.1, -0.05) is 0 Å². The van der Waals surface area contributed by atoms with E-state index in [1.54, 1.807) is 35.7 Å². The standard InChI is InChI=1S/C31H34F2N4O6S/c1-36(29(41)21(15-28(39)40)14-19-9-12-42-13-10-19)31-35-25(18-44-31)24-16-22(43-30(32)33)6-7-23(24)20-5-8-26(34-17-20)37-11-3-2-4-27(37)38/h5-8,16-19,21,30H,2-4,9-15H2,1H3,(H,39,40)/t21-/m1/s1. The molecule has 234 valence electrons. The summed E-state index contributed by atoms with van der Waals surface area (Å²) in [5.41, 5.74) is 2.23. The number of nitrogens with zero attached hydrogens (tertiary/aromatic N) is 4. The largest absolute Gasteiger partial charge is 0.481 e. The highest BCUT2D eigenvalue weighted by molar-refractivity contribution is 7.14. The zero-order chi connectivity index (χ0) is 31.2. The summed E-state index contributed by atoms with van der Waals surface area (Å²) in [4.78, 5) is 49.7. The Morgan fingerprint density at radius 1 is 1.18 bits per heavy atom. The third-order valence-electron chi connectivity index (χ3n) is 7.99. The van der Waals surface area contributed by atoms with Crippen LogP contribution < -0.4 is 14.5 Å². The van der Waals surface area contributed by atoms with E-state index in [0.717, 1.165) is 25.7 Å². The fraction of sp³-hybridized carbons (Fsp3) is 0.452. The second-order valence-electron chi connectivity index (χ2n) is 11.0. The van der Waals surface area contributed by atoms with Crippen LogP contribution in [0.5, 0.6) is 5.75 Å². The summed E-state index contributed by atoms with van der Waals surface area (Å²) in [6, 6.07) is 8.10. The molecule has 5 rings (SSSR count). The number of aromatic nitrogens is 2. The van der Waals surface area contributed by atoms with Crippen LogP contribution in [-0.2, 0) is 19.1 Å². The lowest BCUT2D eigenvalue weighted by Gasteiger charge is -2.27. The smallest absolute Gasteiger partial charge is 0.387 e. The molecule has 1 atom stereocenters. The molecule has 2 aliphatic rings. The molecule has 0 radical (unpaired) electrons. The number of benzene rings is 1. The third-order valence-corrected chi connectivity index (χ3v) is 8.91. The summed E-state index contributed by atoms with van der Waals surface area (Å²) in [7, 11) is 1.56. The zero-order valence-electron chi connectivity index (χ0n) is 24.3. The highest BCUT2D eigenvalue weighted by Gasteiger charge is 2.30. The van der Waals surface area contributed by atoms with E-state index in [4.69, 9.17) is 4.74 Å². The van der Waals surface area contributed by atoms with E-state index in [9.17, 15) is 28.3 Å². The number of hydrogen-bond donors (Lipinski definition) is 1. The molecule has 1 N–H and O–H groups in total. The molecule has 3 aromatic rings. The van der Waals surface area contributed by atoms with E-state index in [2.05, 4.69) is 14.7 Å². The van der Waals surface area contributed by atoms with Gasteiger partial charge in [0.2, 0.25) is 11.8 Å². The van der Waals surface area contributed by atoms with E-state index < -0.39 is 18.5 Å². The Morgan fingerprint density at radius 2 is 1.98 bits per heavy atom. The van der Waals surface area contributed by atoms with Gasteiger partial charge in [0.05, 0.1) is 12.1 Å². The molecular weight excluding hydrogens is 594 g/mol. The monoisotopic (exact) mass is 628 g/mol. The number of hydrogen-bond acceptors (Lipinski definition) is 8. The maximum absolute atomic E-state index is 13.5. The van der Waals surface area contributed by atoms with Crippen LogP contribution in [0.2, 0.25) is 0 Å². The Balaban J connectivity index is 1.42. The number of alkyl halides is 2. The number of thiazole rings is 1. The second kappa shape index (κ2) is 14.2. The molecular formula is C31H34F2N4O6S. The molecule has 2 saturated heterocycles. The van der Waals surface area contributed by atoms with Gasteiger partial charge in [-0.2, -0.15) is 8.78 Å². The van der Waals surface area contributed by atoms with Crippen molar-refractivity contribution in [3.63, 3.8) is 0 Å². The maximum Gasteiger partial charge on any atom is 0.387 e. The highest BCUT2D eigenvalue weighted by Crippen LogP contribution is 2.38. The van der Waals surface area contributed by atoms with Crippen LogP contribution in [0.25, 0.3) is 22.4 Å². The number of carbonyl (C=O) groups is 3. The average molecular weight is 629 g/mol. The number of carboxylic acids is 1. The molecule has 1 aromatic carbocycles. The van der Waals surface area contributed by atoms with Crippen LogP contribution in [0.3, 0.4) is 0 Å². The molecule has 4 heterocycles. The van der Waals surface area contributed by atoms with Crippen molar-refractivity contribution in [1.82, 2.24) is 9.97 Å². The number of aliphatic carboxylic acids is 1. The van der Waals surface area contributed by atoms with Gasteiger partial charge in [-0.25, -0.2) is 9.97 Å². The number of piperidine rings is 1. The fourth-order valence-electron chi connectivity index (χ4n) is 5.69. The molecule has 0 aliphatic carbocycles. The summed E-state index contributed by atoms with van der Waals surface area (Å²) in [6.07, 6.45) is 5.57. The van der Waals surface area contributed by atoms with Crippen molar-refractivity contribution in [2.24, 2.45) is 11.8 Å². The second-order valence-corrected chi connectivity index (χ2v) is 11.8. The van der Waals surface area contributed by atoms with Crippen LogP contribution in [0, 0.1) is 11.8 Å². The Labute approximate surface area is 257 Å². The number of anilines is 2. The van der Waals surface area contributed by atoms with Crippen molar-refractivity contribution in [1.29, 1.82) is 0 Å². The topological polar surface area (TPSA) is 122 Å². The molecule has 10 nitrogen and oxygen atoms in total. The zero-order valence-corrected chi connectivity index (χ0v) is 25.1. The number of carboxylic acid groups (broad SMARTS) is 1. The predicted octanol–water partition coefficient (Wildman–Crippen LogP) is 5.86. The molecule has 44 heavy (non-hydrogen) atoms. The van der Waals surface area contributed by atoms with Gasteiger partial charge in [0.15, 0.2) is 5.13 Å². The molecule has 2 aliphatic heterocycles. The molecule has 0 spiro atoms. The average Bonchev–Trinajstić information content (AvgIpc) is 3.51. The normalized spacial score (nSPS) is 16.6. The Morgan fingerprint density at radius 3 is 2.66 bits per heavy atom. The van der Waals surface area contributed by atoms with E-state index in [1.165, 1.54) is 28.4 Å². The predicted molar refractivity (Wildman–Crippen MR) is 161 cm³/mol. The van der Waals surface area contributed by atoms with Gasteiger partial charge in [-0.3, -0.25) is 24.2 Å². The Bertz CT molecular complexity index is 1480. The summed E-state index contributed by atoms with van der Waals surface area (Å²) in [6.45, 7) is -1.23. The molecule has 2 aromatic heterocycles. The van der Waals surface area contributed by atoms with Crippen LogP contribution in [0.15, 0.2) is 41.9 Å². The van der Waals surface area contributed by atoms with Crippen molar-refractivity contribution in [2.45, 2.75) is 51.6 Å². The first-order chi connectivity index (χ1) is 21.2. The molecule has 2 fully saturated rings. The summed E-state index contributed by atoms with van der Waals surface area (Å²) in [5, 5.41) is 11.6. The number of pyridine rings is 1. The van der Waals surface area contributed by atoms with Crippen molar-refractivity contribution >= 4 is 40.1 Å². The molecule has 13 heteroatoms. The van der Waals surface area contributed by atoms with Crippen molar-refractivity contribution in [2.75, 3.05) is 36.6 Å². The lowest BCUT2D eigenvalue weighted by atomic mass is 9.86. The van der Waals surface area contributed by atoms with Gasteiger partial charge in [-0.15, -0.1) is 11.3 Å². The number of rotatable bonds is 11. The van der Waals surface area contributed by atoms with Gasteiger partial charge in [0.25, 0.3) is 0 Å². The van der Waals surface area contributed by atoms with Crippen LogP contribution in [0.1, 0.15) is 44.9 Å². The molecule has 0 unspecified atom stereocenters. The minimum Gasteiger partial charge on any atom is -0.481 e. The van der Waals surface area contributed by atoms with E-state index in [1.807, 2.05) is 6.07 Å². The minimum absolute atomic E-state index is 0.0257. The first-order valence-corrected chi connectivity index (χ1v) is 15.5. The number of ether oxygens (including phenoxy) is 2.